The van der Waals surface area contributed by atoms with E-state index in [1.807, 2.05) is 13.2 Å². The minimum atomic E-state index is -0.182. The first-order chi connectivity index (χ1) is 8.17. The van der Waals surface area contributed by atoms with Crippen molar-refractivity contribution in [2.24, 2.45) is 0 Å². The summed E-state index contributed by atoms with van der Waals surface area (Å²) in [7, 11) is 0. The molecule has 94 valence electrons. The summed E-state index contributed by atoms with van der Waals surface area (Å²) in [5.74, 6) is 0.441. The van der Waals surface area contributed by atoms with Gasteiger partial charge < -0.3 is 10.6 Å². The van der Waals surface area contributed by atoms with E-state index in [0.717, 1.165) is 6.54 Å². The van der Waals surface area contributed by atoms with Gasteiger partial charge in [-0.2, -0.15) is 11.8 Å². The number of thioether (sulfide) groups is 1. The van der Waals surface area contributed by atoms with Crippen molar-refractivity contribution < 1.29 is 4.79 Å². The second-order valence-electron chi connectivity index (χ2n) is 3.58. The zero-order valence-corrected chi connectivity index (χ0v) is 11.2. The highest BCUT2D eigenvalue weighted by Crippen LogP contribution is 2.04. The summed E-state index contributed by atoms with van der Waals surface area (Å²) in [6.45, 7) is 5.41. The average Bonchev–Trinajstić information content (AvgIpc) is 2.36. The zero-order valence-electron chi connectivity index (χ0n) is 10.4. The van der Waals surface area contributed by atoms with Gasteiger partial charge >= 0.3 is 0 Å². The van der Waals surface area contributed by atoms with Crippen LogP contribution in [0.15, 0.2) is 12.4 Å². The molecule has 2 N–H and O–H groups in total. The molecule has 1 atom stereocenters. The van der Waals surface area contributed by atoms with Crippen molar-refractivity contribution in [3.63, 3.8) is 0 Å². The summed E-state index contributed by atoms with van der Waals surface area (Å²) >= 11 is 1.71. The van der Waals surface area contributed by atoms with E-state index in [1.54, 1.807) is 18.0 Å². The van der Waals surface area contributed by atoms with Crippen LogP contribution in [0.3, 0.4) is 0 Å². The number of hydrogen-bond acceptors (Lipinski definition) is 5. The first-order valence-electron chi connectivity index (χ1n) is 5.54. The van der Waals surface area contributed by atoms with Crippen LogP contribution in [0.5, 0.6) is 0 Å². The van der Waals surface area contributed by atoms with Crippen molar-refractivity contribution in [3.8, 4) is 0 Å². The Morgan fingerprint density at radius 3 is 2.94 bits per heavy atom. The van der Waals surface area contributed by atoms with Crippen molar-refractivity contribution >= 4 is 23.5 Å². The monoisotopic (exact) mass is 254 g/mol. The topological polar surface area (TPSA) is 66.9 Å². The highest BCUT2D eigenvalue weighted by atomic mass is 32.2. The summed E-state index contributed by atoms with van der Waals surface area (Å²) in [5.41, 5.74) is 0.344. The Balaban J connectivity index is 2.59. The molecular formula is C11H18N4OS. The largest absolute Gasteiger partial charge is 0.369 e. The molecule has 0 aliphatic carbocycles. The lowest BCUT2D eigenvalue weighted by molar-refractivity contribution is 0.0949. The molecule has 1 aromatic heterocycles. The van der Waals surface area contributed by atoms with E-state index in [-0.39, 0.29) is 5.91 Å². The fourth-order valence-electron chi connectivity index (χ4n) is 1.15. The van der Waals surface area contributed by atoms with E-state index >= 15 is 0 Å². The van der Waals surface area contributed by atoms with E-state index < -0.39 is 0 Å². The Labute approximate surface area is 106 Å². The third-order valence-corrected chi connectivity index (χ3v) is 3.15. The lowest BCUT2D eigenvalue weighted by Crippen LogP contribution is -2.30. The highest BCUT2D eigenvalue weighted by molar-refractivity contribution is 7.99. The van der Waals surface area contributed by atoms with Crippen LogP contribution in [-0.2, 0) is 0 Å². The molecule has 1 heterocycles. The maximum atomic E-state index is 11.8. The van der Waals surface area contributed by atoms with Gasteiger partial charge in [0.2, 0.25) is 0 Å². The molecule has 6 heteroatoms. The van der Waals surface area contributed by atoms with Gasteiger partial charge in [-0.25, -0.2) is 4.98 Å². The second kappa shape index (κ2) is 7.11. The van der Waals surface area contributed by atoms with E-state index in [4.69, 9.17) is 0 Å². The molecule has 0 saturated carbocycles. The number of rotatable bonds is 6. The highest BCUT2D eigenvalue weighted by Gasteiger charge is 2.09. The SMILES string of the molecule is CCNc1cncc(C(=O)NCC(C)SC)n1. The van der Waals surface area contributed by atoms with Crippen LogP contribution in [0.25, 0.3) is 0 Å². The molecule has 0 spiro atoms. The molecule has 0 saturated heterocycles. The van der Waals surface area contributed by atoms with Gasteiger partial charge in [0.15, 0.2) is 0 Å². The standard InChI is InChI=1S/C11H18N4OS/c1-4-13-10-7-12-6-9(15-10)11(16)14-5-8(2)17-3/h6-8H,4-5H2,1-3H3,(H,13,15)(H,14,16). The minimum absolute atomic E-state index is 0.182. The van der Waals surface area contributed by atoms with Gasteiger partial charge in [0.25, 0.3) is 5.91 Å². The molecule has 0 aromatic carbocycles. The summed E-state index contributed by atoms with van der Waals surface area (Å²) < 4.78 is 0. The Bertz CT molecular complexity index is 372. The summed E-state index contributed by atoms with van der Waals surface area (Å²) in [6.07, 6.45) is 5.09. The van der Waals surface area contributed by atoms with Crippen LogP contribution in [0.2, 0.25) is 0 Å². The van der Waals surface area contributed by atoms with Gasteiger partial charge in [0.1, 0.15) is 11.5 Å². The van der Waals surface area contributed by atoms with Crippen molar-refractivity contribution in [2.45, 2.75) is 19.1 Å². The van der Waals surface area contributed by atoms with E-state index in [9.17, 15) is 4.79 Å². The Morgan fingerprint density at radius 1 is 1.53 bits per heavy atom. The van der Waals surface area contributed by atoms with Crippen LogP contribution in [0.4, 0.5) is 5.82 Å². The quantitative estimate of drug-likeness (QED) is 0.803. The molecule has 1 unspecified atom stereocenters. The van der Waals surface area contributed by atoms with Crippen molar-refractivity contribution in [1.29, 1.82) is 0 Å². The maximum Gasteiger partial charge on any atom is 0.271 e. The smallest absolute Gasteiger partial charge is 0.271 e. The summed E-state index contributed by atoms with van der Waals surface area (Å²) in [5, 5.41) is 6.24. The van der Waals surface area contributed by atoms with E-state index in [2.05, 4.69) is 27.5 Å². The first-order valence-corrected chi connectivity index (χ1v) is 6.83. The van der Waals surface area contributed by atoms with Gasteiger partial charge in [-0.15, -0.1) is 0 Å². The van der Waals surface area contributed by atoms with Crippen molar-refractivity contribution in [2.75, 3.05) is 24.7 Å². The van der Waals surface area contributed by atoms with Gasteiger partial charge in [0.05, 0.1) is 12.4 Å². The van der Waals surface area contributed by atoms with Crippen LogP contribution >= 0.6 is 11.8 Å². The molecule has 17 heavy (non-hydrogen) atoms. The van der Waals surface area contributed by atoms with Crippen LogP contribution in [0, 0.1) is 0 Å². The number of hydrogen-bond donors (Lipinski definition) is 2. The molecule has 0 aliphatic heterocycles. The molecule has 1 rings (SSSR count). The molecular weight excluding hydrogens is 236 g/mol. The number of carbonyl (C=O) groups excluding carboxylic acids is 1. The van der Waals surface area contributed by atoms with Gasteiger partial charge in [0, 0.05) is 18.3 Å². The van der Waals surface area contributed by atoms with Crippen LogP contribution in [0.1, 0.15) is 24.3 Å². The number of nitrogens with one attached hydrogen (secondary N) is 2. The molecule has 1 amide bonds. The molecule has 5 nitrogen and oxygen atoms in total. The Kier molecular flexibility index (Phi) is 5.76. The fourth-order valence-corrected chi connectivity index (χ4v) is 1.40. The van der Waals surface area contributed by atoms with Gasteiger partial charge in [-0.05, 0) is 13.2 Å². The normalized spacial score (nSPS) is 11.9. The number of nitrogens with zero attached hydrogens (tertiary/aromatic N) is 2. The third-order valence-electron chi connectivity index (χ3n) is 2.18. The number of anilines is 1. The Morgan fingerprint density at radius 2 is 2.29 bits per heavy atom. The molecule has 0 radical (unpaired) electrons. The fraction of sp³-hybridized carbons (Fsp3) is 0.545. The van der Waals surface area contributed by atoms with E-state index in [1.165, 1.54) is 6.20 Å². The number of aromatic nitrogens is 2. The third kappa shape index (κ3) is 4.60. The minimum Gasteiger partial charge on any atom is -0.369 e. The van der Waals surface area contributed by atoms with Crippen molar-refractivity contribution in [1.82, 2.24) is 15.3 Å². The number of amides is 1. The molecule has 0 fully saturated rings. The zero-order chi connectivity index (χ0) is 12.7. The van der Waals surface area contributed by atoms with Crippen LogP contribution < -0.4 is 10.6 Å². The average molecular weight is 254 g/mol. The molecule has 1 aromatic rings. The summed E-state index contributed by atoms with van der Waals surface area (Å²) in [6, 6.07) is 0. The van der Waals surface area contributed by atoms with Gasteiger partial charge in [-0.3, -0.25) is 9.78 Å². The molecule has 0 bridgehead atoms. The predicted octanol–water partition coefficient (Wildman–Crippen LogP) is 1.39. The lowest BCUT2D eigenvalue weighted by atomic mass is 10.4. The predicted molar refractivity (Wildman–Crippen MR) is 71.5 cm³/mol. The van der Waals surface area contributed by atoms with Crippen molar-refractivity contribution in [3.05, 3.63) is 18.1 Å². The maximum absolute atomic E-state index is 11.8. The first kappa shape index (κ1) is 13.8. The molecule has 0 aliphatic rings. The van der Waals surface area contributed by atoms with Gasteiger partial charge in [-0.1, -0.05) is 6.92 Å². The van der Waals surface area contributed by atoms with Crippen LogP contribution in [-0.4, -0.2) is 40.5 Å². The second-order valence-corrected chi connectivity index (χ2v) is 4.85. The van der Waals surface area contributed by atoms with E-state index in [0.29, 0.717) is 23.3 Å². The lowest BCUT2D eigenvalue weighted by Gasteiger charge is -2.09. The summed E-state index contributed by atoms with van der Waals surface area (Å²) in [4.78, 5) is 19.9. The Hall–Kier alpha value is -1.30. The number of carbonyl (C=O) groups is 1.